The summed E-state index contributed by atoms with van der Waals surface area (Å²) >= 11 is 0. The molecule has 0 aliphatic heterocycles. The van der Waals surface area contributed by atoms with E-state index in [1.54, 1.807) is 23.0 Å². The van der Waals surface area contributed by atoms with Crippen LogP contribution in [0.3, 0.4) is 0 Å². The van der Waals surface area contributed by atoms with Gasteiger partial charge in [-0.25, -0.2) is 9.48 Å². The average Bonchev–Trinajstić information content (AvgIpc) is 3.09. The first-order valence-corrected chi connectivity index (χ1v) is 8.97. The average molecular weight is 355 g/mol. The van der Waals surface area contributed by atoms with Gasteiger partial charge in [-0.1, -0.05) is 6.92 Å². The van der Waals surface area contributed by atoms with Crippen molar-refractivity contribution in [2.24, 2.45) is 5.92 Å². The lowest BCUT2D eigenvalue weighted by atomic mass is 9.77. The number of hydrogen-bond donors (Lipinski definition) is 1. The normalized spacial score (nSPS) is 22.7. The highest BCUT2D eigenvalue weighted by Gasteiger charge is 2.43. The third kappa shape index (κ3) is 3.49. The fourth-order valence-corrected chi connectivity index (χ4v) is 3.51. The number of ether oxygens (including phenoxy) is 1. The first-order chi connectivity index (χ1) is 12.4. The Bertz CT molecular complexity index is 787. The molecule has 1 aliphatic rings. The molecule has 2 aromatic rings. The molecule has 6 nitrogen and oxygen atoms in total. The number of nitrogens with one attached hydrogen (secondary N) is 1. The monoisotopic (exact) mass is 355 g/mol. The zero-order valence-electron chi connectivity index (χ0n) is 15.5. The quantitative estimate of drug-likeness (QED) is 0.856. The van der Waals surface area contributed by atoms with Crippen molar-refractivity contribution < 1.29 is 14.3 Å². The molecule has 0 bridgehead atoms. The number of benzene rings is 1. The van der Waals surface area contributed by atoms with Crippen LogP contribution in [-0.4, -0.2) is 34.3 Å². The van der Waals surface area contributed by atoms with Crippen LogP contribution in [0.4, 0.5) is 0 Å². The van der Waals surface area contributed by atoms with Gasteiger partial charge in [0.1, 0.15) is 5.54 Å². The molecule has 1 aromatic heterocycles. The van der Waals surface area contributed by atoms with Gasteiger partial charge < -0.3 is 10.1 Å². The van der Waals surface area contributed by atoms with E-state index in [0.29, 0.717) is 24.3 Å². The second-order valence-corrected chi connectivity index (χ2v) is 7.14. The molecular weight excluding hydrogens is 330 g/mol. The van der Waals surface area contributed by atoms with Gasteiger partial charge >= 0.3 is 5.97 Å². The van der Waals surface area contributed by atoms with Gasteiger partial charge in [-0.15, -0.1) is 0 Å². The maximum Gasteiger partial charge on any atom is 0.331 e. The van der Waals surface area contributed by atoms with Crippen LogP contribution in [0, 0.1) is 12.8 Å². The third-order valence-corrected chi connectivity index (χ3v) is 5.26. The van der Waals surface area contributed by atoms with E-state index in [1.807, 2.05) is 25.1 Å². The maximum atomic E-state index is 12.7. The molecular formula is C20H25N3O3. The summed E-state index contributed by atoms with van der Waals surface area (Å²) in [5.74, 6) is -0.0588. The van der Waals surface area contributed by atoms with Crippen LogP contribution in [0.25, 0.3) is 5.69 Å². The Labute approximate surface area is 153 Å². The van der Waals surface area contributed by atoms with Crippen molar-refractivity contribution in [1.82, 2.24) is 15.1 Å². The fourth-order valence-electron chi connectivity index (χ4n) is 3.51. The zero-order chi connectivity index (χ0) is 18.7. The van der Waals surface area contributed by atoms with Gasteiger partial charge in [0.2, 0.25) is 0 Å². The summed E-state index contributed by atoms with van der Waals surface area (Å²) < 4.78 is 6.79. The minimum Gasteiger partial charge on any atom is -0.467 e. The van der Waals surface area contributed by atoms with Crippen molar-refractivity contribution in [3.63, 3.8) is 0 Å². The molecule has 6 heteroatoms. The molecule has 1 saturated carbocycles. The van der Waals surface area contributed by atoms with E-state index in [2.05, 4.69) is 17.3 Å². The lowest BCUT2D eigenvalue weighted by Gasteiger charge is -2.37. The number of amides is 1. The summed E-state index contributed by atoms with van der Waals surface area (Å²) in [6.07, 6.45) is 4.74. The second-order valence-electron chi connectivity index (χ2n) is 7.14. The molecule has 1 heterocycles. The number of hydrogen-bond acceptors (Lipinski definition) is 4. The summed E-state index contributed by atoms with van der Waals surface area (Å²) in [7, 11) is 1.37. The van der Waals surface area contributed by atoms with Gasteiger partial charge in [-0.05, 0) is 68.9 Å². The van der Waals surface area contributed by atoms with Gasteiger partial charge in [0.15, 0.2) is 0 Å². The van der Waals surface area contributed by atoms with Crippen molar-refractivity contribution in [2.75, 3.05) is 7.11 Å². The van der Waals surface area contributed by atoms with Crippen LogP contribution in [0.2, 0.25) is 0 Å². The van der Waals surface area contributed by atoms with Crippen LogP contribution >= 0.6 is 0 Å². The predicted molar refractivity (Wildman–Crippen MR) is 98.1 cm³/mol. The summed E-state index contributed by atoms with van der Waals surface area (Å²) in [5, 5.41) is 7.21. The van der Waals surface area contributed by atoms with E-state index < -0.39 is 5.54 Å². The molecule has 1 aromatic carbocycles. The van der Waals surface area contributed by atoms with Crippen LogP contribution in [0.1, 0.15) is 48.7 Å². The van der Waals surface area contributed by atoms with Crippen molar-refractivity contribution in [3.05, 3.63) is 47.8 Å². The molecule has 3 rings (SSSR count). The Morgan fingerprint density at radius 3 is 2.38 bits per heavy atom. The Morgan fingerprint density at radius 1 is 1.19 bits per heavy atom. The first-order valence-electron chi connectivity index (χ1n) is 8.97. The molecule has 0 spiro atoms. The van der Waals surface area contributed by atoms with Crippen LogP contribution in [0.5, 0.6) is 0 Å². The topological polar surface area (TPSA) is 73.2 Å². The molecule has 1 N–H and O–H groups in total. The zero-order valence-corrected chi connectivity index (χ0v) is 15.5. The van der Waals surface area contributed by atoms with E-state index in [0.717, 1.165) is 24.2 Å². The summed E-state index contributed by atoms with van der Waals surface area (Å²) in [6, 6.07) is 9.13. The second kappa shape index (κ2) is 7.32. The van der Waals surface area contributed by atoms with Gasteiger partial charge in [0, 0.05) is 17.5 Å². The Hall–Kier alpha value is -2.63. The summed E-state index contributed by atoms with van der Waals surface area (Å²) in [6.45, 7) is 4.14. The van der Waals surface area contributed by atoms with Crippen molar-refractivity contribution in [1.29, 1.82) is 0 Å². The molecule has 0 radical (unpaired) electrons. The predicted octanol–water partition coefficient (Wildman–Crippen LogP) is 3.03. The van der Waals surface area contributed by atoms with Crippen LogP contribution in [-0.2, 0) is 9.53 Å². The number of aryl methyl sites for hydroxylation is 1. The Morgan fingerprint density at radius 2 is 1.85 bits per heavy atom. The van der Waals surface area contributed by atoms with Gasteiger partial charge in [-0.2, -0.15) is 5.10 Å². The summed E-state index contributed by atoms with van der Waals surface area (Å²) in [5.41, 5.74) is 1.50. The molecule has 1 aliphatic carbocycles. The van der Waals surface area contributed by atoms with E-state index >= 15 is 0 Å². The largest absolute Gasteiger partial charge is 0.467 e. The SMILES string of the molecule is COC(=O)C1(NC(=O)c2ccc(-n3nccc3C)cc2)CCC(C)CC1. The van der Waals surface area contributed by atoms with E-state index in [9.17, 15) is 9.59 Å². The maximum absolute atomic E-state index is 12.7. The lowest BCUT2D eigenvalue weighted by molar-refractivity contribution is -0.150. The Balaban J connectivity index is 1.77. The number of esters is 1. The molecule has 26 heavy (non-hydrogen) atoms. The molecule has 138 valence electrons. The minimum atomic E-state index is -0.921. The molecule has 0 saturated heterocycles. The van der Waals surface area contributed by atoms with Gasteiger partial charge in [0.05, 0.1) is 12.8 Å². The number of carbonyl (C=O) groups excluding carboxylic acids is 2. The number of rotatable bonds is 4. The molecule has 1 amide bonds. The van der Waals surface area contributed by atoms with Crippen molar-refractivity contribution >= 4 is 11.9 Å². The molecule has 1 fully saturated rings. The van der Waals surface area contributed by atoms with E-state index in [1.165, 1.54) is 7.11 Å². The summed E-state index contributed by atoms with van der Waals surface area (Å²) in [4.78, 5) is 25.1. The molecule has 0 atom stereocenters. The number of nitrogens with zero attached hydrogens (tertiary/aromatic N) is 2. The first kappa shape index (κ1) is 18.2. The highest BCUT2D eigenvalue weighted by atomic mass is 16.5. The van der Waals surface area contributed by atoms with E-state index in [-0.39, 0.29) is 11.9 Å². The fraction of sp³-hybridized carbons (Fsp3) is 0.450. The van der Waals surface area contributed by atoms with Gasteiger partial charge in [-0.3, -0.25) is 4.79 Å². The highest BCUT2D eigenvalue weighted by Crippen LogP contribution is 2.33. The van der Waals surface area contributed by atoms with Crippen LogP contribution in [0.15, 0.2) is 36.5 Å². The van der Waals surface area contributed by atoms with E-state index in [4.69, 9.17) is 4.74 Å². The number of aromatic nitrogens is 2. The van der Waals surface area contributed by atoms with Crippen LogP contribution < -0.4 is 5.32 Å². The van der Waals surface area contributed by atoms with Gasteiger partial charge in [0.25, 0.3) is 5.91 Å². The van der Waals surface area contributed by atoms with Crippen molar-refractivity contribution in [2.45, 2.75) is 45.1 Å². The highest BCUT2D eigenvalue weighted by molar-refractivity contribution is 5.98. The number of carbonyl (C=O) groups is 2. The smallest absolute Gasteiger partial charge is 0.331 e. The standard InChI is InChI=1S/C20H25N3O3/c1-14-8-11-20(12-9-14,19(25)26-3)22-18(24)16-4-6-17(7-5-16)23-15(2)10-13-21-23/h4-7,10,13-14H,8-9,11-12H2,1-3H3,(H,22,24). The third-order valence-electron chi connectivity index (χ3n) is 5.26. The molecule has 0 unspecified atom stereocenters. The van der Waals surface area contributed by atoms with Crippen molar-refractivity contribution in [3.8, 4) is 5.69 Å². The minimum absolute atomic E-state index is 0.256. The Kier molecular flexibility index (Phi) is 5.11. The number of methoxy groups -OCH3 is 1. The lowest BCUT2D eigenvalue weighted by Crippen LogP contribution is -2.56.